The minimum absolute atomic E-state index is 0.0412. The lowest BCUT2D eigenvalue weighted by molar-refractivity contribution is -0.0396. The summed E-state index contributed by atoms with van der Waals surface area (Å²) >= 11 is 0. The molecular formula is C38H48O5S. The van der Waals surface area contributed by atoms with Crippen LogP contribution in [0.5, 0.6) is 0 Å². The van der Waals surface area contributed by atoms with Crippen LogP contribution in [-0.2, 0) is 19.0 Å². The molecule has 236 valence electrons. The maximum Gasteiger partial charge on any atom is 0.338 e. The highest BCUT2D eigenvalue weighted by atomic mass is 32.2. The number of benzene rings is 2. The molecule has 2 aromatic rings. The Morgan fingerprint density at radius 1 is 0.886 bits per heavy atom. The van der Waals surface area contributed by atoms with Crippen LogP contribution in [0.25, 0.3) is 0 Å². The molecule has 0 N–H and O–H groups in total. The molecule has 0 aromatic heterocycles. The van der Waals surface area contributed by atoms with Crippen molar-refractivity contribution >= 4 is 16.1 Å². The van der Waals surface area contributed by atoms with E-state index in [4.69, 9.17) is 8.92 Å². The van der Waals surface area contributed by atoms with Crippen molar-refractivity contribution < 1.29 is 22.1 Å². The topological polar surface area (TPSA) is 69.7 Å². The summed E-state index contributed by atoms with van der Waals surface area (Å²) in [4.78, 5) is 13.2. The molecule has 4 aliphatic rings. The number of esters is 1. The number of aryl methyl sites for hydroxylation is 1. The number of allylic oxidation sites excluding steroid dienone is 3. The Morgan fingerprint density at radius 2 is 1.59 bits per heavy atom. The fraction of sp³-hybridized carbons (Fsp3) is 0.553. The van der Waals surface area contributed by atoms with Gasteiger partial charge in [0.15, 0.2) is 0 Å². The monoisotopic (exact) mass is 616 g/mol. The molecule has 0 spiro atoms. The van der Waals surface area contributed by atoms with Gasteiger partial charge >= 0.3 is 5.97 Å². The van der Waals surface area contributed by atoms with Crippen molar-refractivity contribution in [3.63, 3.8) is 0 Å². The van der Waals surface area contributed by atoms with Crippen LogP contribution in [-0.4, -0.2) is 27.1 Å². The summed E-state index contributed by atoms with van der Waals surface area (Å²) in [5.74, 6) is 1.29. The van der Waals surface area contributed by atoms with E-state index >= 15 is 0 Å². The van der Waals surface area contributed by atoms with Crippen molar-refractivity contribution in [1.29, 1.82) is 0 Å². The van der Waals surface area contributed by atoms with Gasteiger partial charge in [0.25, 0.3) is 10.1 Å². The van der Waals surface area contributed by atoms with E-state index in [2.05, 4.69) is 46.8 Å². The second-order valence-corrected chi connectivity index (χ2v) is 16.7. The molecule has 7 atom stereocenters. The lowest BCUT2D eigenvalue weighted by Crippen LogP contribution is -2.52. The van der Waals surface area contributed by atoms with Crippen molar-refractivity contribution in [2.24, 2.45) is 39.9 Å². The average Bonchev–Trinajstić information content (AvgIpc) is 3.35. The van der Waals surface area contributed by atoms with Crippen LogP contribution in [0.2, 0.25) is 0 Å². The van der Waals surface area contributed by atoms with Gasteiger partial charge in [0, 0.05) is 5.41 Å². The van der Waals surface area contributed by atoms with Crippen LogP contribution in [0.1, 0.15) is 89.1 Å². The van der Waals surface area contributed by atoms with Gasteiger partial charge in [0.2, 0.25) is 0 Å². The van der Waals surface area contributed by atoms with E-state index in [0.717, 1.165) is 44.1 Å². The lowest BCUT2D eigenvalue weighted by atomic mass is 9.47. The van der Waals surface area contributed by atoms with Crippen LogP contribution in [0.15, 0.2) is 82.8 Å². The van der Waals surface area contributed by atoms with Gasteiger partial charge in [-0.25, -0.2) is 4.79 Å². The van der Waals surface area contributed by atoms with Gasteiger partial charge in [-0.05, 0) is 104 Å². The Hall–Kier alpha value is -2.70. The quantitative estimate of drug-likeness (QED) is 0.230. The summed E-state index contributed by atoms with van der Waals surface area (Å²) in [7, 11) is -3.78. The molecule has 0 amide bonds. The lowest BCUT2D eigenvalue weighted by Gasteiger charge is -2.58. The normalized spacial score (nSPS) is 33.2. The van der Waals surface area contributed by atoms with Crippen LogP contribution in [0, 0.1) is 46.8 Å². The zero-order valence-corrected chi connectivity index (χ0v) is 28.0. The second kappa shape index (κ2) is 11.3. The van der Waals surface area contributed by atoms with Gasteiger partial charge in [-0.2, -0.15) is 8.42 Å². The minimum atomic E-state index is -3.78. The molecule has 6 heteroatoms. The molecule has 0 bridgehead atoms. The molecule has 0 aliphatic heterocycles. The number of hydrogen-bond donors (Lipinski definition) is 0. The summed E-state index contributed by atoms with van der Waals surface area (Å²) in [6.07, 6.45) is 11.0. The first-order chi connectivity index (χ1) is 20.8. The van der Waals surface area contributed by atoms with Crippen LogP contribution in [0.4, 0.5) is 0 Å². The highest BCUT2D eigenvalue weighted by Gasteiger charge is 2.59. The second-order valence-electron chi connectivity index (χ2n) is 15.0. The summed E-state index contributed by atoms with van der Waals surface area (Å²) in [6, 6.07) is 16.2. The number of ether oxygens (including phenoxy) is 1. The fourth-order valence-corrected chi connectivity index (χ4v) is 10.7. The van der Waals surface area contributed by atoms with Gasteiger partial charge < -0.3 is 4.74 Å². The number of hydrogen-bond acceptors (Lipinski definition) is 5. The molecule has 5 nitrogen and oxygen atoms in total. The third-order valence-electron chi connectivity index (χ3n) is 12.2. The SMILES string of the molecule is Cc1ccc(S(=O)(=O)OC[C@@H](C)[C@H]2CC[C@H]3C4=CC=C5C(C)(C)[C@@H](OC(=O)c6ccccc6)CC[C@]5(C)C4CC[C@]23C)cc1. The Labute approximate surface area is 264 Å². The summed E-state index contributed by atoms with van der Waals surface area (Å²) < 4.78 is 37.7. The Bertz CT molecular complexity index is 1570. The van der Waals surface area contributed by atoms with Gasteiger partial charge in [0.1, 0.15) is 6.10 Å². The number of rotatable bonds is 7. The molecular weight excluding hydrogens is 568 g/mol. The zero-order chi connectivity index (χ0) is 31.5. The molecule has 2 aromatic carbocycles. The van der Waals surface area contributed by atoms with Gasteiger partial charge in [-0.3, -0.25) is 4.18 Å². The predicted octanol–water partition coefficient (Wildman–Crippen LogP) is 8.70. The Kier molecular flexibility index (Phi) is 8.02. The van der Waals surface area contributed by atoms with Gasteiger partial charge in [-0.15, -0.1) is 0 Å². The maximum absolute atomic E-state index is 13.0. The first kappa shape index (κ1) is 31.3. The van der Waals surface area contributed by atoms with Gasteiger partial charge in [0.05, 0.1) is 17.1 Å². The smallest absolute Gasteiger partial charge is 0.338 e. The first-order valence-corrected chi connectivity index (χ1v) is 17.8. The molecule has 0 saturated heterocycles. The van der Waals surface area contributed by atoms with Crippen molar-refractivity contribution in [3.05, 3.63) is 89.0 Å². The molecule has 4 aliphatic carbocycles. The molecule has 0 heterocycles. The van der Waals surface area contributed by atoms with Crippen LogP contribution in [0.3, 0.4) is 0 Å². The molecule has 6 rings (SSSR count). The zero-order valence-electron chi connectivity index (χ0n) is 27.1. The highest BCUT2D eigenvalue weighted by Crippen LogP contribution is 2.67. The van der Waals surface area contributed by atoms with E-state index in [0.29, 0.717) is 23.3 Å². The van der Waals surface area contributed by atoms with E-state index in [1.165, 1.54) is 5.57 Å². The predicted molar refractivity (Wildman–Crippen MR) is 173 cm³/mol. The van der Waals surface area contributed by atoms with E-state index in [1.54, 1.807) is 17.7 Å². The molecule has 3 fully saturated rings. The van der Waals surface area contributed by atoms with Crippen molar-refractivity contribution in [2.45, 2.75) is 91.1 Å². The van der Waals surface area contributed by atoms with E-state index in [9.17, 15) is 13.2 Å². The average molecular weight is 617 g/mol. The summed E-state index contributed by atoms with van der Waals surface area (Å²) in [5, 5.41) is 0. The molecule has 1 unspecified atom stereocenters. The van der Waals surface area contributed by atoms with Crippen molar-refractivity contribution in [2.75, 3.05) is 6.61 Å². The highest BCUT2D eigenvalue weighted by molar-refractivity contribution is 7.86. The molecule has 44 heavy (non-hydrogen) atoms. The van der Waals surface area contributed by atoms with Crippen LogP contribution >= 0.6 is 0 Å². The third kappa shape index (κ3) is 5.20. The molecule has 3 saturated carbocycles. The van der Waals surface area contributed by atoms with Crippen LogP contribution < -0.4 is 0 Å². The summed E-state index contributed by atoms with van der Waals surface area (Å²) in [6.45, 7) is 13.7. The Balaban J connectivity index is 1.19. The maximum atomic E-state index is 13.0. The van der Waals surface area contributed by atoms with E-state index in [-0.39, 0.29) is 45.7 Å². The first-order valence-electron chi connectivity index (χ1n) is 16.4. The standard InChI is InChI=1S/C38H48O5S/c1-25-12-14-28(15-13-25)44(40,41)42-24-26(2)30-17-18-31-29-16-19-33-36(3,4)34(43-35(39)27-10-8-7-9-11-27)21-23-38(33,6)32(29)20-22-37(30,31)5/h7-16,19,26,30-32,34H,17-18,20-24H2,1-6H3/t26-,30-,31+,32?,34+,37-,38-/m1/s1. The third-order valence-corrected chi connectivity index (χ3v) is 13.5. The number of fused-ring (bicyclic) bond motifs is 5. The van der Waals surface area contributed by atoms with E-state index in [1.807, 2.05) is 49.4 Å². The van der Waals surface area contributed by atoms with Gasteiger partial charge in [-0.1, -0.05) is 93.8 Å². The Morgan fingerprint density at radius 3 is 2.30 bits per heavy atom. The summed E-state index contributed by atoms with van der Waals surface area (Å²) in [5.41, 5.74) is 4.53. The largest absolute Gasteiger partial charge is 0.458 e. The van der Waals surface area contributed by atoms with E-state index < -0.39 is 10.1 Å². The minimum Gasteiger partial charge on any atom is -0.458 e. The van der Waals surface area contributed by atoms with Crippen molar-refractivity contribution in [1.82, 2.24) is 0 Å². The fourth-order valence-electron chi connectivity index (χ4n) is 9.74. The van der Waals surface area contributed by atoms with Crippen molar-refractivity contribution in [3.8, 4) is 0 Å². The number of carbonyl (C=O) groups excluding carboxylic acids is 1. The number of carbonyl (C=O) groups is 1. The molecule has 0 radical (unpaired) electrons.